The highest BCUT2D eigenvalue weighted by Crippen LogP contribution is 2.32. The van der Waals surface area contributed by atoms with Crippen LogP contribution in [-0.4, -0.2) is 44.2 Å². The summed E-state index contributed by atoms with van der Waals surface area (Å²) in [4.78, 5) is 32.5. The van der Waals surface area contributed by atoms with E-state index < -0.39 is 0 Å². The van der Waals surface area contributed by atoms with Crippen molar-refractivity contribution in [2.24, 2.45) is 0 Å². The number of carbonyl (C=O) groups is 2. The van der Waals surface area contributed by atoms with Crippen molar-refractivity contribution in [1.82, 2.24) is 19.6 Å². The van der Waals surface area contributed by atoms with Gasteiger partial charge in [-0.05, 0) is 12.1 Å². The molecule has 1 aliphatic carbocycles. The second-order valence-corrected chi connectivity index (χ2v) is 6.59. The molecule has 0 N–H and O–H groups in total. The zero-order valence-corrected chi connectivity index (χ0v) is 14.2. The predicted octanol–water partition coefficient (Wildman–Crippen LogP) is 1.90. The van der Waals surface area contributed by atoms with Crippen LogP contribution in [0.3, 0.4) is 0 Å². The van der Waals surface area contributed by atoms with Crippen LogP contribution in [-0.2, 0) is 16.0 Å². The summed E-state index contributed by atoms with van der Waals surface area (Å²) in [5, 5.41) is 4.67. The molecule has 9 heteroatoms. The second-order valence-electron chi connectivity index (χ2n) is 5.65. The van der Waals surface area contributed by atoms with Crippen LogP contribution >= 0.6 is 11.8 Å². The molecule has 0 bridgehead atoms. The smallest absolute Gasteiger partial charge is 0.316 e. The molecule has 25 heavy (non-hydrogen) atoms. The number of thioether (sulfide) groups is 1. The standard InChI is InChI=1S/C16H14N4O4S/c1-23-14(22)8-25-16-18-15-17-11-5-9(13-3-2-4-24-13)6-12(21)10(11)7-20(15)19-16/h2-4,7,9H,5-6,8H2,1H3. The first-order valence-corrected chi connectivity index (χ1v) is 8.65. The zero-order valence-electron chi connectivity index (χ0n) is 13.3. The maximum absolute atomic E-state index is 12.5. The van der Waals surface area contributed by atoms with Crippen molar-refractivity contribution in [3.05, 3.63) is 41.6 Å². The molecule has 0 radical (unpaired) electrons. The molecular weight excluding hydrogens is 344 g/mol. The lowest BCUT2D eigenvalue weighted by Gasteiger charge is -2.20. The van der Waals surface area contributed by atoms with E-state index in [2.05, 4.69) is 19.8 Å². The number of Topliss-reactive ketones (excluding diaryl/α,β-unsaturated/α-hetero) is 1. The number of ketones is 1. The van der Waals surface area contributed by atoms with Gasteiger partial charge in [0.2, 0.25) is 5.16 Å². The van der Waals surface area contributed by atoms with E-state index in [4.69, 9.17) is 4.42 Å². The SMILES string of the molecule is COC(=O)CSc1nc2nc3c(cn2n1)C(=O)CC(c1ccco1)C3. The van der Waals surface area contributed by atoms with Gasteiger partial charge >= 0.3 is 5.97 Å². The normalized spacial score (nSPS) is 16.8. The van der Waals surface area contributed by atoms with Crippen LogP contribution in [0.4, 0.5) is 0 Å². The molecule has 0 amide bonds. The molecule has 128 valence electrons. The molecule has 1 atom stereocenters. The third kappa shape index (κ3) is 3.02. The van der Waals surface area contributed by atoms with Gasteiger partial charge in [0.05, 0.1) is 30.4 Å². The van der Waals surface area contributed by atoms with Gasteiger partial charge in [-0.15, -0.1) is 5.10 Å². The quantitative estimate of drug-likeness (QED) is 0.515. The summed E-state index contributed by atoms with van der Waals surface area (Å²) < 4.78 is 11.5. The minimum atomic E-state index is -0.354. The lowest BCUT2D eigenvalue weighted by Crippen LogP contribution is -2.21. The molecule has 3 heterocycles. The fourth-order valence-corrected chi connectivity index (χ4v) is 3.49. The number of hydrogen-bond acceptors (Lipinski definition) is 8. The Labute approximate surface area is 146 Å². The molecule has 1 aliphatic rings. The summed E-state index contributed by atoms with van der Waals surface area (Å²) in [5.74, 6) is 0.951. The molecule has 4 rings (SSSR count). The van der Waals surface area contributed by atoms with Crippen LogP contribution in [0.15, 0.2) is 34.2 Å². The predicted molar refractivity (Wildman–Crippen MR) is 87.6 cm³/mol. The van der Waals surface area contributed by atoms with Gasteiger partial charge in [0, 0.05) is 25.0 Å². The Balaban J connectivity index is 1.64. The fraction of sp³-hybridized carbons (Fsp3) is 0.312. The Morgan fingerprint density at radius 3 is 3.08 bits per heavy atom. The Morgan fingerprint density at radius 1 is 1.44 bits per heavy atom. The fourth-order valence-electron chi connectivity index (χ4n) is 2.83. The van der Waals surface area contributed by atoms with Crippen molar-refractivity contribution in [2.75, 3.05) is 12.9 Å². The largest absolute Gasteiger partial charge is 0.469 e. The first-order valence-electron chi connectivity index (χ1n) is 7.66. The molecule has 0 saturated heterocycles. The van der Waals surface area contributed by atoms with Gasteiger partial charge < -0.3 is 9.15 Å². The molecule has 3 aromatic rings. The maximum Gasteiger partial charge on any atom is 0.316 e. The van der Waals surface area contributed by atoms with E-state index in [0.717, 1.165) is 17.5 Å². The summed E-state index contributed by atoms with van der Waals surface area (Å²) in [6.45, 7) is 0. The number of hydrogen-bond donors (Lipinski definition) is 0. The minimum absolute atomic E-state index is 0.0105. The number of methoxy groups -OCH3 is 1. The first kappa shape index (κ1) is 15.8. The highest BCUT2D eigenvalue weighted by molar-refractivity contribution is 7.99. The molecule has 8 nitrogen and oxygen atoms in total. The number of nitrogens with zero attached hydrogens (tertiary/aromatic N) is 4. The molecule has 0 saturated carbocycles. The number of fused-ring (bicyclic) bond motifs is 2. The Hall–Kier alpha value is -2.68. The molecule has 0 fully saturated rings. The lowest BCUT2D eigenvalue weighted by molar-refractivity contribution is -0.137. The first-order chi connectivity index (χ1) is 12.1. The van der Waals surface area contributed by atoms with E-state index in [1.54, 1.807) is 12.5 Å². The summed E-state index contributed by atoms with van der Waals surface area (Å²) in [6.07, 6.45) is 4.26. The van der Waals surface area contributed by atoms with E-state index in [1.165, 1.54) is 11.6 Å². The van der Waals surface area contributed by atoms with Crippen LogP contribution in [0.5, 0.6) is 0 Å². The van der Waals surface area contributed by atoms with E-state index in [-0.39, 0.29) is 23.4 Å². The zero-order chi connectivity index (χ0) is 17.4. The van der Waals surface area contributed by atoms with Crippen molar-refractivity contribution in [2.45, 2.75) is 23.9 Å². The van der Waals surface area contributed by atoms with Gasteiger partial charge in [-0.1, -0.05) is 11.8 Å². The van der Waals surface area contributed by atoms with Gasteiger partial charge in [0.1, 0.15) is 5.76 Å². The van der Waals surface area contributed by atoms with Crippen molar-refractivity contribution in [1.29, 1.82) is 0 Å². The highest BCUT2D eigenvalue weighted by atomic mass is 32.2. The number of rotatable bonds is 4. The molecular formula is C16H14N4O4S. The molecule has 3 aromatic heterocycles. The van der Waals surface area contributed by atoms with Crippen molar-refractivity contribution in [3.63, 3.8) is 0 Å². The maximum atomic E-state index is 12.5. The van der Waals surface area contributed by atoms with Gasteiger partial charge in [0.15, 0.2) is 5.78 Å². The number of esters is 1. The number of furan rings is 1. The van der Waals surface area contributed by atoms with Crippen molar-refractivity contribution >= 4 is 29.3 Å². The van der Waals surface area contributed by atoms with Crippen molar-refractivity contribution in [3.8, 4) is 0 Å². The highest BCUT2D eigenvalue weighted by Gasteiger charge is 2.30. The third-order valence-corrected chi connectivity index (χ3v) is 4.87. The van der Waals surface area contributed by atoms with Crippen LogP contribution in [0.25, 0.3) is 5.78 Å². The minimum Gasteiger partial charge on any atom is -0.469 e. The average molecular weight is 358 g/mol. The lowest BCUT2D eigenvalue weighted by atomic mass is 9.85. The van der Waals surface area contributed by atoms with Crippen LogP contribution in [0.2, 0.25) is 0 Å². The van der Waals surface area contributed by atoms with Crippen LogP contribution < -0.4 is 0 Å². The van der Waals surface area contributed by atoms with Gasteiger partial charge in [0.25, 0.3) is 5.78 Å². The molecule has 0 aromatic carbocycles. The van der Waals surface area contributed by atoms with E-state index >= 15 is 0 Å². The number of ether oxygens (including phenoxy) is 1. The Bertz CT molecular complexity index is 951. The van der Waals surface area contributed by atoms with Crippen LogP contribution in [0, 0.1) is 0 Å². The summed E-state index contributed by atoms with van der Waals surface area (Å²) in [6, 6.07) is 3.69. The Morgan fingerprint density at radius 2 is 2.32 bits per heavy atom. The van der Waals surface area contributed by atoms with E-state index in [9.17, 15) is 9.59 Å². The van der Waals surface area contributed by atoms with Gasteiger partial charge in [-0.3, -0.25) is 9.59 Å². The second kappa shape index (κ2) is 6.32. The van der Waals surface area contributed by atoms with Crippen molar-refractivity contribution < 1.29 is 18.7 Å². The average Bonchev–Trinajstić information content (AvgIpc) is 3.27. The van der Waals surface area contributed by atoms with Gasteiger partial charge in [-0.25, -0.2) is 9.50 Å². The Kier molecular flexibility index (Phi) is 4.00. The summed E-state index contributed by atoms with van der Waals surface area (Å²) in [7, 11) is 1.33. The van der Waals surface area contributed by atoms with E-state index in [1.807, 2.05) is 12.1 Å². The monoisotopic (exact) mass is 358 g/mol. The molecule has 1 unspecified atom stereocenters. The number of aromatic nitrogens is 4. The molecule has 0 aliphatic heterocycles. The van der Waals surface area contributed by atoms with Gasteiger partial charge in [-0.2, -0.15) is 4.98 Å². The topological polar surface area (TPSA) is 99.6 Å². The number of carbonyl (C=O) groups excluding carboxylic acids is 2. The van der Waals surface area contributed by atoms with E-state index in [0.29, 0.717) is 35.0 Å². The summed E-state index contributed by atoms with van der Waals surface area (Å²) >= 11 is 1.16. The molecule has 0 spiro atoms. The third-order valence-electron chi connectivity index (χ3n) is 4.06. The summed E-state index contributed by atoms with van der Waals surface area (Å²) in [5.41, 5.74) is 1.26. The van der Waals surface area contributed by atoms with Crippen LogP contribution in [0.1, 0.15) is 34.2 Å².